The Bertz CT molecular complexity index is 2720. The van der Waals surface area contributed by atoms with Crippen LogP contribution >= 0.6 is 0 Å². The summed E-state index contributed by atoms with van der Waals surface area (Å²) in [7, 11) is -3.76. The van der Waals surface area contributed by atoms with E-state index in [1.54, 1.807) is 18.3 Å². The van der Waals surface area contributed by atoms with E-state index < -0.39 is 112 Å². The number of unbranched alkanes of at least 4 members (excludes halogenated alkanes) is 1. The van der Waals surface area contributed by atoms with Gasteiger partial charge in [0.15, 0.2) is 5.96 Å². The number of aliphatic imine (C=N–C) groups is 1. The quantitative estimate of drug-likeness (QED) is 0.0375. The van der Waals surface area contributed by atoms with E-state index in [0.29, 0.717) is 31.2 Å². The predicted octanol–water partition coefficient (Wildman–Crippen LogP) is -0.0784. The molecule has 1 aliphatic heterocycles. The lowest BCUT2D eigenvalue weighted by Gasteiger charge is -2.31. The predicted molar refractivity (Wildman–Crippen MR) is 282 cm³/mol. The highest BCUT2D eigenvalue weighted by Gasteiger charge is 2.35. The fraction of sp³-hybridized carbons (Fsp3) is 0.490. The van der Waals surface area contributed by atoms with Gasteiger partial charge in [0.1, 0.15) is 40.2 Å². The first kappa shape index (κ1) is 57.8. The summed E-state index contributed by atoms with van der Waals surface area (Å²) in [5.41, 5.74) is 13.5. The molecule has 4 aromatic rings. The molecule has 0 saturated carbocycles. The van der Waals surface area contributed by atoms with Crippen molar-refractivity contribution < 1.29 is 47.1 Å². The first-order valence-electron chi connectivity index (χ1n) is 25.0. The summed E-state index contributed by atoms with van der Waals surface area (Å²) in [6.07, 6.45) is 2.54. The Morgan fingerprint density at radius 1 is 0.784 bits per heavy atom. The highest BCUT2D eigenvalue weighted by molar-refractivity contribution is 7.90. The van der Waals surface area contributed by atoms with E-state index in [1.165, 1.54) is 6.92 Å². The van der Waals surface area contributed by atoms with E-state index in [-0.39, 0.29) is 57.7 Å². The zero-order valence-corrected chi connectivity index (χ0v) is 43.0. The van der Waals surface area contributed by atoms with Crippen LogP contribution in [0.15, 0.2) is 77.9 Å². The minimum absolute atomic E-state index is 0.0696. The van der Waals surface area contributed by atoms with Crippen molar-refractivity contribution in [2.75, 3.05) is 31.6 Å². The van der Waals surface area contributed by atoms with Crippen LogP contribution in [-0.2, 0) is 56.2 Å². The number of aromatic amines is 1. The number of hydrogen-bond acceptors (Lipinski definition) is 12. The van der Waals surface area contributed by atoms with Gasteiger partial charge in [0.05, 0.1) is 24.3 Å². The number of hydrogen-bond donors (Lipinski definition) is 12. The number of nitrogens with zero attached hydrogens (tertiary/aromatic N) is 1. The van der Waals surface area contributed by atoms with E-state index in [4.69, 9.17) is 11.5 Å². The van der Waals surface area contributed by atoms with Crippen molar-refractivity contribution in [3.8, 4) is 0 Å². The molecule has 7 amide bonds. The molecule has 74 heavy (non-hydrogen) atoms. The van der Waals surface area contributed by atoms with Crippen LogP contribution in [0.1, 0.15) is 82.8 Å². The highest BCUT2D eigenvalue weighted by atomic mass is 32.2. The molecular formula is C51H72N12O10S. The molecular weight excluding hydrogens is 973 g/mol. The van der Waals surface area contributed by atoms with E-state index in [0.717, 1.165) is 33.5 Å². The first-order valence-corrected chi connectivity index (χ1v) is 27.1. The normalized spacial score (nSPS) is 21.6. The molecule has 2 heterocycles. The van der Waals surface area contributed by atoms with Crippen LogP contribution in [0.5, 0.6) is 0 Å². The van der Waals surface area contributed by atoms with E-state index in [1.807, 2.05) is 61.5 Å². The van der Waals surface area contributed by atoms with Crippen molar-refractivity contribution in [3.05, 3.63) is 84.1 Å². The van der Waals surface area contributed by atoms with Gasteiger partial charge in [-0.2, -0.15) is 0 Å². The number of aliphatic hydroxyl groups is 1. The number of carbonyl (C=O) groups is 7. The number of rotatable bonds is 17. The minimum atomic E-state index is -3.76. The number of sulfone groups is 1. The second-order valence-corrected chi connectivity index (χ2v) is 20.9. The van der Waals surface area contributed by atoms with Crippen LogP contribution in [0.25, 0.3) is 21.7 Å². The Morgan fingerprint density at radius 3 is 2.16 bits per heavy atom. The molecule has 23 heteroatoms. The molecule has 1 aromatic heterocycles. The number of H-pyrrole nitrogens is 1. The lowest BCUT2D eigenvalue weighted by Crippen LogP contribution is -2.61. The molecule has 22 nitrogen and oxygen atoms in total. The number of aliphatic hydroxyl groups excluding tert-OH is 1. The van der Waals surface area contributed by atoms with E-state index in [2.05, 4.69) is 52.5 Å². The van der Waals surface area contributed by atoms with E-state index >= 15 is 0 Å². The molecule has 0 radical (unpaired) electrons. The Morgan fingerprint density at radius 2 is 1.45 bits per heavy atom. The van der Waals surface area contributed by atoms with Gasteiger partial charge in [-0.15, -0.1) is 0 Å². The summed E-state index contributed by atoms with van der Waals surface area (Å²) in [6.45, 7) is 3.52. The molecule has 14 N–H and O–H groups in total. The third-order valence-electron chi connectivity index (χ3n) is 12.6. The number of para-hydroxylation sites is 1. The standard InChI is InChI=1S/C51H72N12O10S/c1-4-5-19-38(58-31(2)64)46(67)63-43-29-44(65)54-23-10-11-24-55-45(66)41(28-34-30-57-37-20-9-8-18-36(34)37)61-47(68)39(21-13-25-56-51(52)53)59-49(70)42(27-33-16-12-15-32-14-6-7-17-35(32)33)62-48(69)40(60-50(43)71)22-26-74(3,72)73/h6-9,12,14-18,20,30,38-43,47,57,61,68H,4-5,10-11,13,19,21-29H2,1-3H3,(H,54,65)(H,55,66)(H,58,64)(H,59,70)(H,60,71)(H,62,69)(H,63,67)(H4,52,53,56)/t38-,39-,40-,41-,42+,43-,47?/m0/s1. The van der Waals surface area contributed by atoms with Gasteiger partial charge in [0, 0.05) is 56.3 Å². The third-order valence-corrected chi connectivity index (χ3v) is 13.6. The molecule has 1 aliphatic rings. The monoisotopic (exact) mass is 1040 g/mol. The smallest absolute Gasteiger partial charge is 0.243 e. The molecule has 1 saturated heterocycles. The molecule has 3 aromatic carbocycles. The van der Waals surface area contributed by atoms with Gasteiger partial charge < -0.3 is 58.8 Å². The van der Waals surface area contributed by atoms with Crippen molar-refractivity contribution in [1.29, 1.82) is 0 Å². The van der Waals surface area contributed by atoms with Crippen LogP contribution in [0.4, 0.5) is 0 Å². The highest BCUT2D eigenvalue weighted by Crippen LogP contribution is 2.22. The molecule has 1 fully saturated rings. The van der Waals surface area contributed by atoms with Crippen molar-refractivity contribution in [2.24, 2.45) is 16.5 Å². The average molecular weight is 1050 g/mol. The number of amides is 7. The Balaban J connectivity index is 1.57. The van der Waals surface area contributed by atoms with Gasteiger partial charge in [0.2, 0.25) is 41.4 Å². The summed E-state index contributed by atoms with van der Waals surface area (Å²) in [4.78, 5) is 105. The lowest BCUT2D eigenvalue weighted by atomic mass is 9.97. The number of nitrogens with one attached hydrogen (secondary N) is 9. The number of nitrogens with two attached hydrogens (primary N) is 2. The molecule has 0 aliphatic carbocycles. The second-order valence-electron chi connectivity index (χ2n) is 18.7. The topological polar surface area (TPSA) is 350 Å². The van der Waals surface area contributed by atoms with Gasteiger partial charge in [-0.1, -0.05) is 80.4 Å². The average Bonchev–Trinajstić information content (AvgIpc) is 3.76. The summed E-state index contributed by atoms with van der Waals surface area (Å²) in [5, 5.41) is 36.5. The fourth-order valence-electron chi connectivity index (χ4n) is 8.70. The zero-order chi connectivity index (χ0) is 53.8. The second kappa shape index (κ2) is 28.4. The van der Waals surface area contributed by atoms with Crippen molar-refractivity contribution in [1.82, 2.24) is 47.5 Å². The molecule has 7 atom stereocenters. The number of fused-ring (bicyclic) bond motifs is 2. The van der Waals surface area contributed by atoms with Crippen LogP contribution in [0.2, 0.25) is 0 Å². The van der Waals surface area contributed by atoms with Crippen LogP contribution in [-0.4, -0.2) is 140 Å². The molecule has 0 spiro atoms. The lowest BCUT2D eigenvalue weighted by molar-refractivity contribution is -0.136. The number of guanidine groups is 1. The van der Waals surface area contributed by atoms with Gasteiger partial charge in [-0.05, 0) is 72.9 Å². The Hall–Kier alpha value is -7.11. The summed E-state index contributed by atoms with van der Waals surface area (Å²) < 4.78 is 25.2. The van der Waals surface area contributed by atoms with Gasteiger partial charge in [-0.25, -0.2) is 8.42 Å². The van der Waals surface area contributed by atoms with Gasteiger partial charge >= 0.3 is 0 Å². The molecule has 5 rings (SSSR count). The van der Waals surface area contributed by atoms with Crippen molar-refractivity contribution in [3.63, 3.8) is 0 Å². The number of carbonyl (C=O) groups excluding carboxylic acids is 7. The largest absolute Gasteiger partial charge is 0.376 e. The van der Waals surface area contributed by atoms with Crippen LogP contribution in [0, 0.1) is 0 Å². The molecule has 1 unspecified atom stereocenters. The fourth-order valence-corrected chi connectivity index (χ4v) is 9.36. The number of aromatic nitrogens is 1. The van der Waals surface area contributed by atoms with Gasteiger partial charge in [-0.3, -0.25) is 43.9 Å². The van der Waals surface area contributed by atoms with Gasteiger partial charge in [0.25, 0.3) is 0 Å². The maximum atomic E-state index is 14.9. The summed E-state index contributed by atoms with van der Waals surface area (Å²) in [6, 6.07) is 12.4. The van der Waals surface area contributed by atoms with E-state index in [9.17, 15) is 47.1 Å². The molecule has 402 valence electrons. The SMILES string of the molecule is CCCC[C@H](NC(C)=O)C(=O)N[C@H]1CC(=O)NCCCCNC(=O)[C@H](Cc2c[nH]c3ccccc23)NC(O)[C@H](CCCN=C(N)N)NC(=O)[C@@H](Cc2cccc3ccccc23)NC(=O)[C@H](CCS(C)(=O)=O)NC1=O. The van der Waals surface area contributed by atoms with Crippen molar-refractivity contribution in [2.45, 2.75) is 127 Å². The summed E-state index contributed by atoms with van der Waals surface area (Å²) >= 11 is 0. The first-order chi connectivity index (χ1) is 35.3. The van der Waals surface area contributed by atoms with Crippen LogP contribution in [0.3, 0.4) is 0 Å². The zero-order valence-electron chi connectivity index (χ0n) is 42.2. The molecule has 0 bridgehead atoms. The third kappa shape index (κ3) is 18.4. The minimum Gasteiger partial charge on any atom is -0.376 e. The van der Waals surface area contributed by atoms with Crippen molar-refractivity contribution >= 4 is 78.8 Å². The Labute approximate surface area is 431 Å². The number of benzene rings is 3. The maximum absolute atomic E-state index is 14.9. The van der Waals surface area contributed by atoms with Crippen LogP contribution < -0.4 is 54.0 Å². The maximum Gasteiger partial charge on any atom is 0.243 e. The summed E-state index contributed by atoms with van der Waals surface area (Å²) in [5.74, 6) is -5.93. The Kier molecular flexibility index (Phi) is 22.2.